The molecule has 0 bridgehead atoms. The van der Waals surface area contributed by atoms with E-state index in [0.29, 0.717) is 11.6 Å². The summed E-state index contributed by atoms with van der Waals surface area (Å²) in [6.45, 7) is 3.61. The standard InChI is InChI=1S/C21H23FN2O/c22-19-7-3-6-17(14-19)21(25)23-12-9-20(10-13-23)24-11-8-16-4-1-2-5-18(16)15-24/h1-7,14,20H,8-13,15H2. The largest absolute Gasteiger partial charge is 0.339 e. The van der Waals surface area contributed by atoms with Gasteiger partial charge in [0.25, 0.3) is 5.91 Å². The molecule has 1 saturated heterocycles. The van der Waals surface area contributed by atoms with Crippen LogP contribution in [0.2, 0.25) is 0 Å². The van der Waals surface area contributed by atoms with Crippen molar-refractivity contribution >= 4 is 5.91 Å². The van der Waals surface area contributed by atoms with Crippen LogP contribution in [0.5, 0.6) is 0 Å². The number of halogens is 1. The van der Waals surface area contributed by atoms with Crippen LogP contribution in [0.3, 0.4) is 0 Å². The number of benzene rings is 2. The lowest BCUT2D eigenvalue weighted by molar-refractivity contribution is 0.0599. The van der Waals surface area contributed by atoms with E-state index in [1.165, 1.54) is 23.3 Å². The summed E-state index contributed by atoms with van der Waals surface area (Å²) in [6.07, 6.45) is 3.09. The summed E-state index contributed by atoms with van der Waals surface area (Å²) in [5.74, 6) is -0.408. The molecule has 1 fully saturated rings. The van der Waals surface area contributed by atoms with Gasteiger partial charge in [0.2, 0.25) is 0 Å². The maximum atomic E-state index is 13.3. The zero-order chi connectivity index (χ0) is 17.2. The molecule has 0 unspecified atom stereocenters. The van der Waals surface area contributed by atoms with Crippen LogP contribution >= 0.6 is 0 Å². The molecule has 2 aromatic rings. The van der Waals surface area contributed by atoms with Crippen LogP contribution in [0.1, 0.15) is 34.3 Å². The lowest BCUT2D eigenvalue weighted by atomic mass is 9.95. The van der Waals surface area contributed by atoms with Crippen molar-refractivity contribution in [2.24, 2.45) is 0 Å². The minimum Gasteiger partial charge on any atom is -0.339 e. The Bertz CT molecular complexity index is 768. The van der Waals surface area contributed by atoms with Crippen molar-refractivity contribution in [3.8, 4) is 0 Å². The fourth-order valence-corrected chi connectivity index (χ4v) is 4.07. The van der Waals surface area contributed by atoms with Gasteiger partial charge in [-0.2, -0.15) is 0 Å². The van der Waals surface area contributed by atoms with Crippen molar-refractivity contribution in [2.45, 2.75) is 31.8 Å². The molecular formula is C21H23FN2O. The zero-order valence-corrected chi connectivity index (χ0v) is 14.3. The Kier molecular flexibility index (Phi) is 4.53. The molecule has 0 aliphatic carbocycles. The van der Waals surface area contributed by atoms with Gasteiger partial charge in [-0.25, -0.2) is 4.39 Å². The van der Waals surface area contributed by atoms with E-state index >= 15 is 0 Å². The Hall–Kier alpha value is -2.20. The number of carbonyl (C=O) groups is 1. The second-order valence-electron chi connectivity index (χ2n) is 7.02. The number of piperidine rings is 1. The number of nitrogens with zero attached hydrogens (tertiary/aromatic N) is 2. The van der Waals surface area contributed by atoms with Crippen molar-refractivity contribution in [1.29, 1.82) is 0 Å². The minimum absolute atomic E-state index is 0.0538. The van der Waals surface area contributed by atoms with Crippen LogP contribution in [0.25, 0.3) is 0 Å². The highest BCUT2D eigenvalue weighted by molar-refractivity contribution is 5.94. The Balaban J connectivity index is 1.37. The first-order valence-corrected chi connectivity index (χ1v) is 9.06. The molecule has 25 heavy (non-hydrogen) atoms. The molecule has 2 aliphatic rings. The molecule has 0 saturated carbocycles. The smallest absolute Gasteiger partial charge is 0.253 e. The lowest BCUT2D eigenvalue weighted by Crippen LogP contribution is -2.48. The fraction of sp³-hybridized carbons (Fsp3) is 0.381. The number of hydrogen-bond acceptors (Lipinski definition) is 2. The molecule has 130 valence electrons. The first kappa shape index (κ1) is 16.3. The van der Waals surface area contributed by atoms with Gasteiger partial charge in [0.1, 0.15) is 5.82 Å². The Morgan fingerprint density at radius 1 is 0.960 bits per heavy atom. The van der Waals surface area contributed by atoms with E-state index in [1.54, 1.807) is 12.1 Å². The van der Waals surface area contributed by atoms with E-state index in [9.17, 15) is 9.18 Å². The summed E-state index contributed by atoms with van der Waals surface area (Å²) in [7, 11) is 0. The second kappa shape index (κ2) is 6.96. The molecule has 3 nitrogen and oxygen atoms in total. The van der Waals surface area contributed by atoms with Crippen molar-refractivity contribution in [2.75, 3.05) is 19.6 Å². The number of fused-ring (bicyclic) bond motifs is 1. The van der Waals surface area contributed by atoms with Crippen LogP contribution in [0, 0.1) is 5.82 Å². The SMILES string of the molecule is O=C(c1cccc(F)c1)N1CCC(N2CCc3ccccc3C2)CC1. The zero-order valence-electron chi connectivity index (χ0n) is 14.3. The molecule has 0 spiro atoms. The summed E-state index contributed by atoms with van der Waals surface area (Å²) in [6, 6.07) is 15.2. The summed E-state index contributed by atoms with van der Waals surface area (Å²) >= 11 is 0. The van der Waals surface area contributed by atoms with E-state index in [-0.39, 0.29) is 11.7 Å². The molecule has 0 aromatic heterocycles. The minimum atomic E-state index is -0.354. The molecule has 4 rings (SSSR count). The predicted molar refractivity (Wildman–Crippen MR) is 95.9 cm³/mol. The summed E-state index contributed by atoms with van der Waals surface area (Å²) in [4.78, 5) is 17.0. The Morgan fingerprint density at radius 3 is 2.48 bits per heavy atom. The molecule has 4 heteroatoms. The van der Waals surface area contributed by atoms with Crippen LogP contribution in [-0.4, -0.2) is 41.4 Å². The molecule has 2 heterocycles. The van der Waals surface area contributed by atoms with Gasteiger partial charge in [0.05, 0.1) is 0 Å². The van der Waals surface area contributed by atoms with Gasteiger partial charge in [0.15, 0.2) is 0 Å². The third-order valence-electron chi connectivity index (χ3n) is 5.50. The van der Waals surface area contributed by atoms with E-state index < -0.39 is 0 Å². The second-order valence-corrected chi connectivity index (χ2v) is 7.02. The maximum Gasteiger partial charge on any atom is 0.253 e. The number of hydrogen-bond donors (Lipinski definition) is 0. The quantitative estimate of drug-likeness (QED) is 0.837. The number of rotatable bonds is 2. The van der Waals surface area contributed by atoms with Crippen LogP contribution in [0.15, 0.2) is 48.5 Å². The maximum absolute atomic E-state index is 13.3. The lowest BCUT2D eigenvalue weighted by Gasteiger charge is -2.40. The number of carbonyl (C=O) groups excluding carboxylic acids is 1. The molecule has 1 amide bonds. The van der Waals surface area contributed by atoms with E-state index in [4.69, 9.17) is 0 Å². The topological polar surface area (TPSA) is 23.6 Å². The highest BCUT2D eigenvalue weighted by Crippen LogP contribution is 2.25. The molecular weight excluding hydrogens is 315 g/mol. The highest BCUT2D eigenvalue weighted by atomic mass is 19.1. The molecule has 2 aliphatic heterocycles. The fourth-order valence-electron chi connectivity index (χ4n) is 4.07. The summed E-state index contributed by atoms with van der Waals surface area (Å²) < 4.78 is 13.3. The van der Waals surface area contributed by atoms with E-state index in [0.717, 1.165) is 45.4 Å². The molecule has 2 aromatic carbocycles. The average molecular weight is 338 g/mol. The van der Waals surface area contributed by atoms with Crippen LogP contribution in [-0.2, 0) is 13.0 Å². The first-order valence-electron chi connectivity index (χ1n) is 9.06. The van der Waals surface area contributed by atoms with Gasteiger partial charge in [-0.15, -0.1) is 0 Å². The van der Waals surface area contributed by atoms with Gasteiger partial charge in [-0.1, -0.05) is 30.3 Å². The molecule has 0 atom stereocenters. The van der Waals surface area contributed by atoms with Gasteiger partial charge < -0.3 is 4.90 Å². The van der Waals surface area contributed by atoms with Crippen molar-refractivity contribution in [3.05, 3.63) is 71.0 Å². The third kappa shape index (κ3) is 3.45. The Labute approximate surface area is 148 Å². The van der Waals surface area contributed by atoms with Gasteiger partial charge in [-0.3, -0.25) is 9.69 Å². The molecule has 0 N–H and O–H groups in total. The third-order valence-corrected chi connectivity index (χ3v) is 5.50. The summed E-state index contributed by atoms with van der Waals surface area (Å²) in [5, 5.41) is 0. The van der Waals surface area contributed by atoms with Crippen molar-refractivity contribution in [3.63, 3.8) is 0 Å². The highest BCUT2D eigenvalue weighted by Gasteiger charge is 2.29. The van der Waals surface area contributed by atoms with Gasteiger partial charge in [0, 0.05) is 37.8 Å². The van der Waals surface area contributed by atoms with Crippen molar-refractivity contribution < 1.29 is 9.18 Å². The van der Waals surface area contributed by atoms with E-state index in [1.807, 2.05) is 4.90 Å². The number of amides is 1. The van der Waals surface area contributed by atoms with Crippen LogP contribution in [0.4, 0.5) is 4.39 Å². The predicted octanol–water partition coefficient (Wildman–Crippen LogP) is 3.49. The average Bonchev–Trinajstić information content (AvgIpc) is 2.67. The summed E-state index contributed by atoms with van der Waals surface area (Å²) in [5.41, 5.74) is 3.36. The molecule has 0 radical (unpaired) electrons. The van der Waals surface area contributed by atoms with Gasteiger partial charge in [-0.05, 0) is 48.6 Å². The number of likely N-dealkylation sites (tertiary alicyclic amines) is 1. The van der Waals surface area contributed by atoms with E-state index in [2.05, 4.69) is 29.2 Å². The monoisotopic (exact) mass is 338 g/mol. The van der Waals surface area contributed by atoms with Crippen molar-refractivity contribution in [1.82, 2.24) is 9.80 Å². The first-order chi connectivity index (χ1) is 12.2. The Morgan fingerprint density at radius 2 is 1.72 bits per heavy atom. The van der Waals surface area contributed by atoms with Gasteiger partial charge >= 0.3 is 0 Å². The van der Waals surface area contributed by atoms with Crippen LogP contribution < -0.4 is 0 Å². The normalized spacial score (nSPS) is 18.8.